The molecule has 6 aromatic rings. The van der Waals surface area contributed by atoms with Crippen molar-refractivity contribution in [1.82, 2.24) is 19.6 Å². The van der Waals surface area contributed by atoms with Crippen molar-refractivity contribution in [1.29, 1.82) is 0 Å². The summed E-state index contributed by atoms with van der Waals surface area (Å²) in [7, 11) is 0. The SMILES string of the molecule is CC1(C)CCC(CN2CCN(c3ccc(C(=O)NSc4cc5c(c([N+](=O)[O-])c4)N[C@@H](Cc4ccccc4Cl)CO5)c(Oc4cnc5[nH]ccc5c4)c3)CC2)=C(c2ccc(Cl)cc2)C1. The summed E-state index contributed by atoms with van der Waals surface area (Å²) in [5.74, 6) is 0.746. The van der Waals surface area contributed by atoms with Crippen molar-refractivity contribution in [3.63, 3.8) is 0 Å². The first-order valence-electron chi connectivity index (χ1n) is 21.1. The Hall–Kier alpha value is -5.73. The van der Waals surface area contributed by atoms with E-state index in [1.807, 2.05) is 66.9 Å². The molecule has 0 saturated carbocycles. The lowest BCUT2D eigenvalue weighted by Crippen LogP contribution is -2.47. The third-order valence-electron chi connectivity index (χ3n) is 12.1. The van der Waals surface area contributed by atoms with Crippen LogP contribution in [0.3, 0.4) is 0 Å². The summed E-state index contributed by atoms with van der Waals surface area (Å²) in [5.41, 5.74) is 7.48. The van der Waals surface area contributed by atoms with Crippen LogP contribution in [0.2, 0.25) is 10.0 Å². The van der Waals surface area contributed by atoms with Gasteiger partial charge in [0.2, 0.25) is 0 Å². The molecule has 0 radical (unpaired) electrons. The number of nitrogens with one attached hydrogen (secondary N) is 3. The molecule has 12 nitrogen and oxygen atoms in total. The first kappa shape index (κ1) is 42.6. The average Bonchev–Trinajstić information content (AvgIpc) is 3.75. The number of amides is 1. The highest BCUT2D eigenvalue weighted by atomic mass is 35.5. The van der Waals surface area contributed by atoms with Crippen LogP contribution in [-0.4, -0.2) is 71.1 Å². The Kier molecular flexibility index (Phi) is 12.3. The van der Waals surface area contributed by atoms with Gasteiger partial charge in [-0.3, -0.25) is 24.5 Å². The molecule has 9 rings (SSSR count). The Morgan fingerprint density at radius 2 is 1.84 bits per heavy atom. The smallest absolute Gasteiger partial charge is 0.297 e. The maximum Gasteiger partial charge on any atom is 0.297 e. The average molecular weight is 905 g/mol. The van der Waals surface area contributed by atoms with Gasteiger partial charge in [-0.15, -0.1) is 0 Å². The molecule has 4 heterocycles. The predicted molar refractivity (Wildman–Crippen MR) is 252 cm³/mol. The molecule has 15 heteroatoms. The zero-order valence-electron chi connectivity index (χ0n) is 35.0. The summed E-state index contributed by atoms with van der Waals surface area (Å²) >= 11 is 13.6. The number of nitro benzene ring substituents is 1. The number of piperazine rings is 1. The number of pyridine rings is 1. The van der Waals surface area contributed by atoms with Gasteiger partial charge in [0.1, 0.15) is 23.8 Å². The number of carbonyl (C=O) groups is 1. The number of fused-ring (bicyclic) bond motifs is 2. The minimum Gasteiger partial charge on any atom is -0.489 e. The maximum absolute atomic E-state index is 14.0. The molecule has 1 atom stereocenters. The van der Waals surface area contributed by atoms with Crippen LogP contribution < -0.4 is 24.4 Å². The van der Waals surface area contributed by atoms with E-state index in [9.17, 15) is 14.9 Å². The Morgan fingerprint density at radius 3 is 2.63 bits per heavy atom. The second-order valence-electron chi connectivity index (χ2n) is 17.1. The number of hydrogen-bond donors (Lipinski definition) is 3. The van der Waals surface area contributed by atoms with Crippen LogP contribution in [0.15, 0.2) is 114 Å². The van der Waals surface area contributed by atoms with Crippen molar-refractivity contribution >= 4 is 74.7 Å². The summed E-state index contributed by atoms with van der Waals surface area (Å²) in [4.78, 5) is 38.8. The summed E-state index contributed by atoms with van der Waals surface area (Å²) in [6, 6.07) is 28.1. The quantitative estimate of drug-likeness (QED) is 0.0618. The van der Waals surface area contributed by atoms with Crippen LogP contribution in [-0.2, 0) is 6.42 Å². The van der Waals surface area contributed by atoms with Crippen molar-refractivity contribution < 1.29 is 19.2 Å². The van der Waals surface area contributed by atoms with E-state index in [2.05, 4.69) is 55.8 Å². The minimum atomic E-state index is -0.453. The Bertz CT molecular complexity index is 2720. The lowest BCUT2D eigenvalue weighted by atomic mass is 9.72. The molecule has 63 heavy (non-hydrogen) atoms. The molecule has 0 unspecified atom stereocenters. The number of ether oxygens (including phenoxy) is 2. The molecule has 0 spiro atoms. The highest BCUT2D eigenvalue weighted by Crippen LogP contribution is 2.44. The molecule has 1 aliphatic carbocycles. The number of nitrogens with zero attached hydrogens (tertiary/aromatic N) is 4. The van der Waals surface area contributed by atoms with E-state index < -0.39 is 10.8 Å². The van der Waals surface area contributed by atoms with Crippen molar-refractivity contribution in [3.05, 3.63) is 146 Å². The van der Waals surface area contributed by atoms with Gasteiger partial charge in [0, 0.05) is 77.1 Å². The maximum atomic E-state index is 14.0. The van der Waals surface area contributed by atoms with E-state index in [1.165, 1.54) is 29.2 Å². The molecule has 1 fully saturated rings. The van der Waals surface area contributed by atoms with E-state index >= 15 is 0 Å². The van der Waals surface area contributed by atoms with Gasteiger partial charge in [-0.1, -0.05) is 73.0 Å². The van der Waals surface area contributed by atoms with Crippen molar-refractivity contribution in [2.75, 3.05) is 49.5 Å². The van der Waals surface area contributed by atoms with Crippen molar-refractivity contribution in [2.24, 2.45) is 5.41 Å². The number of carbonyl (C=O) groups excluding carboxylic acids is 1. The van der Waals surface area contributed by atoms with Crippen molar-refractivity contribution in [3.8, 4) is 17.2 Å². The minimum absolute atomic E-state index is 0.157. The van der Waals surface area contributed by atoms with Gasteiger partial charge >= 0.3 is 0 Å². The van der Waals surface area contributed by atoms with Crippen LogP contribution in [0.4, 0.5) is 17.1 Å². The first-order valence-corrected chi connectivity index (χ1v) is 22.6. The van der Waals surface area contributed by atoms with E-state index in [-0.39, 0.29) is 29.4 Å². The lowest BCUT2D eigenvalue weighted by Gasteiger charge is -2.39. The van der Waals surface area contributed by atoms with E-state index in [4.69, 9.17) is 32.7 Å². The third kappa shape index (κ3) is 9.77. The predicted octanol–water partition coefficient (Wildman–Crippen LogP) is 11.2. The molecule has 1 amide bonds. The van der Waals surface area contributed by atoms with E-state index in [1.54, 1.807) is 18.3 Å². The van der Waals surface area contributed by atoms with Gasteiger partial charge < -0.3 is 24.7 Å². The summed E-state index contributed by atoms with van der Waals surface area (Å²) in [5, 5.41) is 17.8. The van der Waals surface area contributed by atoms with Crippen LogP contribution >= 0.6 is 35.1 Å². The van der Waals surface area contributed by atoms with Gasteiger partial charge in [-0.2, -0.15) is 0 Å². The molecule has 1 saturated heterocycles. The topological polar surface area (TPSA) is 138 Å². The molecular formula is C48H47Cl2N7O5S. The molecule has 2 aliphatic heterocycles. The van der Waals surface area contributed by atoms with Crippen LogP contribution in [0, 0.1) is 15.5 Å². The number of anilines is 2. The van der Waals surface area contributed by atoms with Gasteiger partial charge in [-0.05, 0) is 108 Å². The third-order valence-corrected chi connectivity index (χ3v) is 13.4. The summed E-state index contributed by atoms with van der Waals surface area (Å²) < 4.78 is 15.4. The monoisotopic (exact) mass is 903 g/mol. The largest absolute Gasteiger partial charge is 0.489 e. The molecular weight excluding hydrogens is 858 g/mol. The number of nitro groups is 1. The summed E-state index contributed by atoms with van der Waals surface area (Å²) in [6.07, 6.45) is 7.26. The Labute approximate surface area is 380 Å². The molecule has 3 N–H and O–H groups in total. The molecule has 2 aromatic heterocycles. The lowest BCUT2D eigenvalue weighted by molar-refractivity contribution is -0.384. The van der Waals surface area contributed by atoms with Gasteiger partial charge in [0.05, 0.1) is 22.7 Å². The fourth-order valence-corrected chi connectivity index (χ4v) is 9.65. The van der Waals surface area contributed by atoms with Crippen LogP contribution in [0.25, 0.3) is 16.6 Å². The fraction of sp³-hybridized carbons (Fsp3) is 0.292. The molecule has 0 bridgehead atoms. The van der Waals surface area contributed by atoms with E-state index in [0.29, 0.717) is 39.2 Å². The zero-order chi connectivity index (χ0) is 43.7. The Balaban J connectivity index is 0.911. The number of allylic oxidation sites excluding steroid dienone is 1. The highest BCUT2D eigenvalue weighted by molar-refractivity contribution is 7.98. The normalized spacial score (nSPS) is 17.5. The number of aromatic amines is 1. The van der Waals surface area contributed by atoms with Crippen molar-refractivity contribution in [2.45, 2.75) is 50.5 Å². The van der Waals surface area contributed by atoms with E-state index in [0.717, 1.165) is 84.8 Å². The molecule has 324 valence electrons. The molecule has 3 aliphatic rings. The number of hydrogen-bond acceptors (Lipinski definition) is 10. The number of halogens is 2. The standard InChI is InChI=1S/C48H47Cl2N7O5S/c1-48(2)15-13-33(40(26-48)30-7-9-34(49)10-8-30)28-55-17-19-56(20-18-55)36-11-12-39(43(23-36)62-37-22-32-14-16-51-46(32)52-27-37)47(58)54-63-38-24-42(57(59)60)45-44(25-38)61-29-35(53-45)21-31-5-3-4-6-41(31)50/h3-12,14,16,22-25,27,35,53H,13,15,17-21,26,28-29H2,1-2H3,(H,51,52)(H,54,58)/t35-/m0/s1. The van der Waals surface area contributed by atoms with Gasteiger partial charge in [-0.25, -0.2) is 4.98 Å². The highest BCUT2D eigenvalue weighted by Gasteiger charge is 2.31. The first-order chi connectivity index (χ1) is 30.4. The zero-order valence-corrected chi connectivity index (χ0v) is 37.3. The Morgan fingerprint density at radius 1 is 1.03 bits per heavy atom. The number of rotatable bonds is 12. The summed E-state index contributed by atoms with van der Waals surface area (Å²) in [6.45, 7) is 9.31. The second kappa shape index (κ2) is 18.2. The second-order valence-corrected chi connectivity index (χ2v) is 18.8. The number of benzene rings is 4. The van der Waals surface area contributed by atoms with Gasteiger partial charge in [0.25, 0.3) is 11.6 Å². The van der Waals surface area contributed by atoms with Crippen LogP contribution in [0.1, 0.15) is 54.6 Å². The van der Waals surface area contributed by atoms with Crippen LogP contribution in [0.5, 0.6) is 17.2 Å². The number of aromatic nitrogens is 2. The molecule has 4 aromatic carbocycles. The van der Waals surface area contributed by atoms with Gasteiger partial charge in [0.15, 0.2) is 11.4 Å². The fourth-order valence-electron chi connectivity index (χ4n) is 8.65. The number of H-pyrrole nitrogens is 1.